The number of carbonyl (C=O) groups excluding carboxylic acids is 1. The number of aromatic nitrogens is 2. The molecule has 1 saturated heterocycles. The van der Waals surface area contributed by atoms with E-state index in [0.717, 1.165) is 16.7 Å². The highest BCUT2D eigenvalue weighted by atomic mass is 32.2. The number of hydrogen-bond donors (Lipinski definition) is 1. The molecule has 0 radical (unpaired) electrons. The lowest BCUT2D eigenvalue weighted by Gasteiger charge is -2.22. The van der Waals surface area contributed by atoms with Crippen LogP contribution in [0.4, 0.5) is 13.2 Å². The fraction of sp³-hybridized carbons (Fsp3) is 0.240. The highest BCUT2D eigenvalue weighted by molar-refractivity contribution is 7.89. The Morgan fingerprint density at radius 3 is 2.54 bits per heavy atom. The van der Waals surface area contributed by atoms with Gasteiger partial charge < -0.3 is 9.73 Å². The van der Waals surface area contributed by atoms with Crippen molar-refractivity contribution >= 4 is 26.9 Å². The molecule has 2 aromatic heterocycles. The Morgan fingerprint density at radius 2 is 1.81 bits per heavy atom. The number of amides is 1. The van der Waals surface area contributed by atoms with Crippen LogP contribution >= 0.6 is 0 Å². The third kappa shape index (κ3) is 5.07. The summed E-state index contributed by atoms with van der Waals surface area (Å²) in [5.74, 6) is -1.67. The second-order valence-electron chi connectivity index (χ2n) is 8.59. The van der Waals surface area contributed by atoms with Crippen LogP contribution in [-0.2, 0) is 27.5 Å². The normalized spacial score (nSPS) is 16.8. The zero-order valence-electron chi connectivity index (χ0n) is 19.3. The van der Waals surface area contributed by atoms with E-state index in [4.69, 9.17) is 4.42 Å². The van der Waals surface area contributed by atoms with Crippen molar-refractivity contribution in [2.24, 2.45) is 0 Å². The molecule has 0 saturated carbocycles. The molecule has 0 bridgehead atoms. The smallest absolute Gasteiger partial charge is 0.443 e. The minimum Gasteiger partial charge on any atom is -0.443 e. The molecular weight excluding hydrogens is 509 g/mol. The number of halogens is 3. The Hall–Kier alpha value is -3.77. The third-order valence-electron chi connectivity index (χ3n) is 6.10. The van der Waals surface area contributed by atoms with Crippen molar-refractivity contribution in [1.29, 1.82) is 0 Å². The van der Waals surface area contributed by atoms with Crippen molar-refractivity contribution in [3.63, 3.8) is 0 Å². The van der Waals surface area contributed by atoms with E-state index in [1.807, 2.05) is 0 Å². The van der Waals surface area contributed by atoms with Crippen molar-refractivity contribution in [2.75, 3.05) is 6.54 Å². The van der Waals surface area contributed by atoms with Gasteiger partial charge in [0.1, 0.15) is 11.6 Å². The standard InChI is InChI=1S/C25H21F3N4O4S/c26-25(27,28)24-30-14-19(15-31-24)17-7-3-5-16(11-17)13-29-23(33)20-8-4-10-32(20)37(34,35)22-12-18-6-1-2-9-21(18)36-22/h1-3,5-7,9,11-12,14-15,20H,4,8,10,13H2,(H,29,33)/t20-/m0/s1. The average Bonchev–Trinajstić information content (AvgIpc) is 3.55. The van der Waals surface area contributed by atoms with Gasteiger partial charge in [0.15, 0.2) is 0 Å². The summed E-state index contributed by atoms with van der Waals surface area (Å²) in [6.45, 7) is 0.296. The number of sulfonamides is 1. The lowest BCUT2D eigenvalue weighted by molar-refractivity contribution is -0.145. The predicted molar refractivity (Wildman–Crippen MR) is 127 cm³/mol. The lowest BCUT2D eigenvalue weighted by atomic mass is 10.1. The maximum atomic E-state index is 13.3. The van der Waals surface area contributed by atoms with E-state index < -0.39 is 34.0 Å². The van der Waals surface area contributed by atoms with Crippen LogP contribution in [-0.4, -0.2) is 41.2 Å². The van der Waals surface area contributed by atoms with E-state index in [0.29, 0.717) is 40.5 Å². The van der Waals surface area contributed by atoms with Crippen LogP contribution in [0, 0.1) is 0 Å². The lowest BCUT2D eigenvalue weighted by Crippen LogP contribution is -2.45. The molecule has 1 N–H and O–H groups in total. The van der Waals surface area contributed by atoms with Crippen molar-refractivity contribution < 1.29 is 30.8 Å². The molecule has 1 atom stereocenters. The number of alkyl halides is 3. The fourth-order valence-corrected chi connectivity index (χ4v) is 5.89. The quantitative estimate of drug-likeness (QED) is 0.397. The molecule has 1 aliphatic rings. The fourth-order valence-electron chi connectivity index (χ4n) is 4.28. The summed E-state index contributed by atoms with van der Waals surface area (Å²) < 4.78 is 71.4. The summed E-state index contributed by atoms with van der Waals surface area (Å²) in [5, 5.41) is 3.22. The van der Waals surface area contributed by atoms with Gasteiger partial charge in [0, 0.05) is 42.5 Å². The van der Waals surface area contributed by atoms with E-state index in [-0.39, 0.29) is 18.2 Å². The van der Waals surface area contributed by atoms with Crippen LogP contribution in [0.25, 0.3) is 22.1 Å². The van der Waals surface area contributed by atoms with E-state index in [2.05, 4.69) is 15.3 Å². The molecule has 0 spiro atoms. The van der Waals surface area contributed by atoms with Gasteiger partial charge in [-0.1, -0.05) is 36.4 Å². The van der Waals surface area contributed by atoms with Gasteiger partial charge in [0.2, 0.25) is 16.8 Å². The summed E-state index contributed by atoms with van der Waals surface area (Å²) in [4.78, 5) is 19.7. The summed E-state index contributed by atoms with van der Waals surface area (Å²) in [7, 11) is -4.02. The molecule has 192 valence electrons. The van der Waals surface area contributed by atoms with Crippen molar-refractivity contribution in [3.05, 3.63) is 78.4 Å². The molecule has 8 nitrogen and oxygen atoms in total. The van der Waals surface area contributed by atoms with E-state index >= 15 is 0 Å². The van der Waals surface area contributed by atoms with Crippen molar-refractivity contribution in [1.82, 2.24) is 19.6 Å². The first-order valence-corrected chi connectivity index (χ1v) is 12.8. The van der Waals surface area contributed by atoms with Crippen LogP contribution in [0.5, 0.6) is 0 Å². The minimum atomic E-state index is -4.63. The van der Waals surface area contributed by atoms with E-state index in [1.165, 1.54) is 6.07 Å². The molecule has 1 fully saturated rings. The monoisotopic (exact) mass is 530 g/mol. The summed E-state index contributed by atoms with van der Waals surface area (Å²) in [5.41, 5.74) is 2.09. The SMILES string of the molecule is O=C(NCc1cccc(-c2cnc(C(F)(F)F)nc2)c1)[C@@H]1CCCN1S(=O)(=O)c1cc2ccccc2o1. The molecule has 1 amide bonds. The van der Waals surface area contributed by atoms with E-state index in [9.17, 15) is 26.4 Å². The van der Waals surface area contributed by atoms with Gasteiger partial charge in [-0.05, 0) is 36.1 Å². The van der Waals surface area contributed by atoms with Gasteiger partial charge in [-0.25, -0.2) is 18.4 Å². The summed E-state index contributed by atoms with van der Waals surface area (Å²) in [6.07, 6.45) is -1.55. The van der Waals surface area contributed by atoms with Crippen LogP contribution in [0.1, 0.15) is 24.2 Å². The van der Waals surface area contributed by atoms with Crippen LogP contribution in [0.3, 0.4) is 0 Å². The van der Waals surface area contributed by atoms with Gasteiger partial charge in [-0.15, -0.1) is 0 Å². The number of hydrogen-bond acceptors (Lipinski definition) is 6. The van der Waals surface area contributed by atoms with Gasteiger partial charge in [-0.2, -0.15) is 17.5 Å². The molecule has 5 rings (SSSR count). The number of carbonyl (C=O) groups is 1. The third-order valence-corrected chi connectivity index (χ3v) is 7.87. The largest absolute Gasteiger partial charge is 0.451 e. The number of furan rings is 1. The molecule has 37 heavy (non-hydrogen) atoms. The second-order valence-corrected chi connectivity index (χ2v) is 10.4. The number of rotatable bonds is 6. The van der Waals surface area contributed by atoms with Gasteiger partial charge in [0.25, 0.3) is 10.0 Å². The highest BCUT2D eigenvalue weighted by Gasteiger charge is 2.41. The van der Waals surface area contributed by atoms with Crippen LogP contribution in [0.15, 0.2) is 76.5 Å². The Bertz CT molecular complexity index is 1520. The van der Waals surface area contributed by atoms with Gasteiger partial charge in [0.05, 0.1) is 0 Å². The molecule has 4 aromatic rings. The maximum Gasteiger partial charge on any atom is 0.451 e. The Kier molecular flexibility index (Phi) is 6.46. The first-order valence-electron chi connectivity index (χ1n) is 11.4. The zero-order valence-corrected chi connectivity index (χ0v) is 20.1. The first-order chi connectivity index (χ1) is 17.6. The first kappa shape index (κ1) is 24.9. The number of nitrogens with one attached hydrogen (secondary N) is 1. The predicted octanol–water partition coefficient (Wildman–Crippen LogP) is 4.38. The molecule has 0 unspecified atom stereocenters. The topological polar surface area (TPSA) is 105 Å². The Labute approximate surface area is 210 Å². The highest BCUT2D eigenvalue weighted by Crippen LogP contribution is 2.30. The Morgan fingerprint density at radius 1 is 1.05 bits per heavy atom. The van der Waals surface area contributed by atoms with Gasteiger partial charge >= 0.3 is 6.18 Å². The molecule has 3 heterocycles. The number of benzene rings is 2. The minimum absolute atomic E-state index is 0.100. The molecule has 1 aliphatic heterocycles. The maximum absolute atomic E-state index is 13.3. The average molecular weight is 531 g/mol. The Balaban J connectivity index is 1.28. The summed E-state index contributed by atoms with van der Waals surface area (Å²) >= 11 is 0. The molecule has 0 aliphatic carbocycles. The molecular formula is C25H21F3N4O4S. The number of nitrogens with zero attached hydrogens (tertiary/aromatic N) is 3. The zero-order chi connectivity index (χ0) is 26.2. The molecule has 12 heteroatoms. The number of para-hydroxylation sites is 1. The molecule has 2 aromatic carbocycles. The van der Waals surface area contributed by atoms with Crippen LogP contribution < -0.4 is 5.32 Å². The summed E-state index contributed by atoms with van der Waals surface area (Å²) in [6, 6.07) is 14.3. The number of fused-ring (bicyclic) bond motifs is 1. The second kappa shape index (κ2) is 9.60. The van der Waals surface area contributed by atoms with E-state index in [1.54, 1.807) is 48.5 Å². The van der Waals surface area contributed by atoms with Gasteiger partial charge in [-0.3, -0.25) is 4.79 Å². The van der Waals surface area contributed by atoms with Crippen molar-refractivity contribution in [2.45, 2.75) is 36.7 Å². The van der Waals surface area contributed by atoms with Crippen LogP contribution in [0.2, 0.25) is 0 Å². The van der Waals surface area contributed by atoms with Crippen molar-refractivity contribution in [3.8, 4) is 11.1 Å².